The van der Waals surface area contributed by atoms with Gasteiger partial charge in [-0.25, -0.2) is 8.42 Å². The van der Waals surface area contributed by atoms with Gasteiger partial charge in [-0.05, 0) is 67.4 Å². The van der Waals surface area contributed by atoms with E-state index in [9.17, 15) is 18.0 Å². The summed E-state index contributed by atoms with van der Waals surface area (Å²) in [6, 6.07) is 26.3. The number of nitrogens with zero attached hydrogens (tertiary/aromatic N) is 2. The van der Waals surface area contributed by atoms with Crippen LogP contribution in [0.5, 0.6) is 5.75 Å². The Balaban J connectivity index is 1.82. The van der Waals surface area contributed by atoms with Crippen LogP contribution in [0.1, 0.15) is 23.6 Å². The Kier molecular flexibility index (Phi) is 11.5. The second-order valence-electron chi connectivity index (χ2n) is 10.4. The van der Waals surface area contributed by atoms with Crippen LogP contribution in [-0.2, 0) is 32.6 Å². The van der Waals surface area contributed by atoms with Gasteiger partial charge in [0.25, 0.3) is 10.0 Å². The van der Waals surface area contributed by atoms with Crippen molar-refractivity contribution in [3.05, 3.63) is 124 Å². The maximum atomic E-state index is 14.5. The van der Waals surface area contributed by atoms with Crippen molar-refractivity contribution >= 4 is 50.7 Å². The van der Waals surface area contributed by atoms with Gasteiger partial charge in [0.05, 0.1) is 27.7 Å². The minimum atomic E-state index is -4.26. The summed E-state index contributed by atoms with van der Waals surface area (Å²) in [5.74, 6) is -0.372. The largest absolute Gasteiger partial charge is 0.497 e. The molecule has 0 saturated carbocycles. The van der Waals surface area contributed by atoms with Crippen LogP contribution in [0.2, 0.25) is 10.0 Å². The molecule has 0 radical (unpaired) electrons. The van der Waals surface area contributed by atoms with E-state index in [4.69, 9.17) is 27.9 Å². The van der Waals surface area contributed by atoms with Gasteiger partial charge >= 0.3 is 0 Å². The maximum absolute atomic E-state index is 14.5. The summed E-state index contributed by atoms with van der Waals surface area (Å²) in [7, 11) is -2.72. The van der Waals surface area contributed by atoms with E-state index in [1.165, 1.54) is 35.2 Å². The Bertz CT molecular complexity index is 1730. The van der Waals surface area contributed by atoms with Crippen molar-refractivity contribution < 1.29 is 22.7 Å². The van der Waals surface area contributed by atoms with Crippen LogP contribution in [0.3, 0.4) is 0 Å². The van der Waals surface area contributed by atoms with E-state index in [0.29, 0.717) is 17.9 Å². The van der Waals surface area contributed by atoms with Gasteiger partial charge < -0.3 is 15.0 Å². The smallest absolute Gasteiger partial charge is 0.264 e. The molecule has 236 valence electrons. The monoisotopic (exact) mass is 667 g/mol. The second-order valence-corrected chi connectivity index (χ2v) is 13.1. The Labute approximate surface area is 274 Å². The SMILES string of the molecule is CCNC(=O)[C@@H](Cc1ccccc1)N(Cc1cccc(OC)c1)C(=O)CN(c1ccc(Cl)c(Cl)c1)S(=O)(=O)c1ccc(C)cc1. The summed E-state index contributed by atoms with van der Waals surface area (Å²) in [5.41, 5.74) is 2.57. The summed E-state index contributed by atoms with van der Waals surface area (Å²) in [5, 5.41) is 3.21. The minimum absolute atomic E-state index is 0.00382. The third kappa shape index (κ3) is 8.57. The average Bonchev–Trinajstić information content (AvgIpc) is 3.03. The highest BCUT2D eigenvalue weighted by atomic mass is 35.5. The molecule has 45 heavy (non-hydrogen) atoms. The Morgan fingerprint density at radius 2 is 1.56 bits per heavy atom. The summed E-state index contributed by atoms with van der Waals surface area (Å²) in [6.07, 6.45) is 0.208. The zero-order chi connectivity index (χ0) is 32.6. The Morgan fingerprint density at radius 1 is 0.867 bits per heavy atom. The summed E-state index contributed by atoms with van der Waals surface area (Å²) in [6.45, 7) is 3.41. The molecule has 0 spiro atoms. The molecule has 0 aliphatic rings. The molecular formula is C34H35Cl2N3O5S. The lowest BCUT2D eigenvalue weighted by molar-refractivity contribution is -0.140. The van der Waals surface area contributed by atoms with Gasteiger partial charge in [-0.2, -0.15) is 0 Å². The van der Waals surface area contributed by atoms with E-state index >= 15 is 0 Å². The topological polar surface area (TPSA) is 96.0 Å². The number of aryl methyl sites for hydroxylation is 1. The van der Waals surface area contributed by atoms with Gasteiger partial charge in [0.15, 0.2) is 0 Å². The molecule has 1 N–H and O–H groups in total. The summed E-state index contributed by atoms with van der Waals surface area (Å²) < 4.78 is 34.6. The molecule has 8 nitrogen and oxygen atoms in total. The molecular weight excluding hydrogens is 633 g/mol. The number of halogens is 2. The molecule has 2 amide bonds. The first-order chi connectivity index (χ1) is 21.5. The van der Waals surface area contributed by atoms with Crippen LogP contribution in [0.25, 0.3) is 0 Å². The molecule has 0 heterocycles. The molecule has 4 aromatic rings. The Morgan fingerprint density at radius 3 is 2.20 bits per heavy atom. The van der Waals surface area contributed by atoms with Crippen LogP contribution >= 0.6 is 23.2 Å². The molecule has 0 aliphatic heterocycles. The lowest BCUT2D eigenvalue weighted by atomic mass is 10.0. The van der Waals surface area contributed by atoms with Crippen LogP contribution in [0.4, 0.5) is 5.69 Å². The molecule has 11 heteroatoms. The molecule has 0 fully saturated rings. The van der Waals surface area contributed by atoms with E-state index in [1.807, 2.05) is 43.3 Å². The number of benzene rings is 4. The fraction of sp³-hybridized carbons (Fsp3) is 0.235. The zero-order valence-corrected chi connectivity index (χ0v) is 27.6. The zero-order valence-electron chi connectivity index (χ0n) is 25.2. The first kappa shape index (κ1) is 33.8. The van der Waals surface area contributed by atoms with E-state index < -0.39 is 28.5 Å². The number of hydrogen-bond acceptors (Lipinski definition) is 5. The van der Waals surface area contributed by atoms with E-state index in [0.717, 1.165) is 15.4 Å². The van der Waals surface area contributed by atoms with E-state index in [1.54, 1.807) is 44.4 Å². The highest BCUT2D eigenvalue weighted by Gasteiger charge is 2.34. The predicted octanol–water partition coefficient (Wildman–Crippen LogP) is 6.28. The van der Waals surface area contributed by atoms with Crippen LogP contribution < -0.4 is 14.4 Å². The summed E-state index contributed by atoms with van der Waals surface area (Å²) >= 11 is 12.5. The highest BCUT2D eigenvalue weighted by molar-refractivity contribution is 7.92. The lowest BCUT2D eigenvalue weighted by Crippen LogP contribution is -2.53. The standard InChI is InChI=1S/C34H35Cl2N3O5S/c1-4-37-34(41)32(20-25-9-6-5-7-10-25)38(22-26-11-8-12-28(19-26)44-3)33(40)23-39(27-15-18-30(35)31(36)21-27)45(42,43)29-16-13-24(2)14-17-29/h5-19,21,32H,4,20,22-23H2,1-3H3,(H,37,41)/t32-/m1/s1. The number of sulfonamides is 1. The van der Waals surface area contributed by atoms with Crippen molar-refractivity contribution in [1.82, 2.24) is 10.2 Å². The van der Waals surface area contributed by atoms with Gasteiger partial charge in [0.2, 0.25) is 11.8 Å². The average molecular weight is 669 g/mol. The molecule has 0 unspecified atom stereocenters. The third-order valence-electron chi connectivity index (χ3n) is 7.19. The first-order valence-corrected chi connectivity index (χ1v) is 16.5. The van der Waals surface area contributed by atoms with Crippen molar-refractivity contribution in [3.63, 3.8) is 0 Å². The van der Waals surface area contributed by atoms with Crippen LogP contribution in [0.15, 0.2) is 102 Å². The Hall–Kier alpha value is -4.05. The number of likely N-dealkylation sites (N-methyl/N-ethyl adjacent to an activating group) is 1. The van der Waals surface area contributed by atoms with Crippen molar-refractivity contribution in [2.45, 2.75) is 37.8 Å². The number of carbonyl (C=O) groups excluding carboxylic acids is 2. The molecule has 4 aromatic carbocycles. The van der Waals surface area contributed by atoms with Crippen LogP contribution in [0, 0.1) is 6.92 Å². The van der Waals surface area contributed by atoms with E-state index in [2.05, 4.69) is 5.32 Å². The van der Waals surface area contributed by atoms with Gasteiger partial charge in [0.1, 0.15) is 18.3 Å². The minimum Gasteiger partial charge on any atom is -0.497 e. The van der Waals surface area contributed by atoms with Gasteiger partial charge in [-0.15, -0.1) is 0 Å². The van der Waals surface area contributed by atoms with Gasteiger partial charge in [-0.1, -0.05) is 83.4 Å². The summed E-state index contributed by atoms with van der Waals surface area (Å²) in [4.78, 5) is 29.5. The maximum Gasteiger partial charge on any atom is 0.264 e. The van der Waals surface area contributed by atoms with Crippen molar-refractivity contribution in [1.29, 1.82) is 0 Å². The number of rotatable bonds is 13. The van der Waals surface area contributed by atoms with Gasteiger partial charge in [0, 0.05) is 19.5 Å². The second kappa shape index (κ2) is 15.3. The number of hydrogen-bond donors (Lipinski definition) is 1. The number of carbonyl (C=O) groups is 2. The first-order valence-electron chi connectivity index (χ1n) is 14.3. The van der Waals surface area contributed by atoms with E-state index in [-0.39, 0.29) is 39.5 Å². The molecule has 0 aromatic heterocycles. The van der Waals surface area contributed by atoms with Crippen LogP contribution in [-0.4, -0.2) is 51.4 Å². The quantitative estimate of drug-likeness (QED) is 0.181. The molecule has 1 atom stereocenters. The number of anilines is 1. The number of amides is 2. The van der Waals surface area contributed by atoms with Crippen molar-refractivity contribution in [2.75, 3.05) is 24.5 Å². The third-order valence-corrected chi connectivity index (χ3v) is 9.72. The predicted molar refractivity (Wildman–Crippen MR) is 178 cm³/mol. The molecule has 0 bridgehead atoms. The molecule has 4 rings (SSSR count). The van der Waals surface area contributed by atoms with Crippen molar-refractivity contribution in [2.24, 2.45) is 0 Å². The fourth-order valence-corrected chi connectivity index (χ4v) is 6.52. The number of nitrogens with one attached hydrogen (secondary N) is 1. The highest BCUT2D eigenvalue weighted by Crippen LogP contribution is 2.31. The normalized spacial score (nSPS) is 11.8. The fourth-order valence-electron chi connectivity index (χ4n) is 4.82. The number of ether oxygens (including phenoxy) is 1. The molecule has 0 saturated heterocycles. The molecule has 0 aliphatic carbocycles. The lowest BCUT2D eigenvalue weighted by Gasteiger charge is -2.34. The number of methoxy groups -OCH3 is 1. The van der Waals surface area contributed by atoms with Gasteiger partial charge in [-0.3, -0.25) is 13.9 Å². The van der Waals surface area contributed by atoms with Crippen molar-refractivity contribution in [3.8, 4) is 5.75 Å².